The van der Waals surface area contributed by atoms with Crippen molar-refractivity contribution in [2.45, 2.75) is 45.7 Å². The topological polar surface area (TPSA) is 60.0 Å². The lowest BCUT2D eigenvalue weighted by Gasteiger charge is -2.30. The summed E-state index contributed by atoms with van der Waals surface area (Å²) in [6.45, 7) is 6.96. The molecule has 192 valence electrons. The highest BCUT2D eigenvalue weighted by molar-refractivity contribution is 5.76. The highest BCUT2D eigenvalue weighted by Crippen LogP contribution is 2.19. The van der Waals surface area contributed by atoms with E-state index >= 15 is 0 Å². The molecule has 0 bridgehead atoms. The number of hydrogen-bond donors (Lipinski definition) is 1. The summed E-state index contributed by atoms with van der Waals surface area (Å²) in [5.41, 5.74) is 4.34. The van der Waals surface area contributed by atoms with Crippen LogP contribution in [0, 0.1) is 0 Å². The van der Waals surface area contributed by atoms with Gasteiger partial charge in [-0.05, 0) is 49.1 Å². The Bertz CT molecular complexity index is 965. The number of benzene rings is 3. The van der Waals surface area contributed by atoms with Crippen LogP contribution in [0.5, 0.6) is 0 Å². The molecule has 1 atom stereocenters. The number of nitrogens with zero attached hydrogens (tertiary/aromatic N) is 1. The molecule has 6 nitrogen and oxygen atoms in total. The van der Waals surface area contributed by atoms with Crippen LogP contribution in [0.4, 0.5) is 5.69 Å². The first-order chi connectivity index (χ1) is 17.6. The minimum atomic E-state index is -0.422. The number of methoxy groups -OCH3 is 1. The average Bonchev–Trinajstić information content (AvgIpc) is 2.92. The largest absolute Gasteiger partial charge is 0.468 e. The maximum Gasteiger partial charge on any atom is 0.323 e. The Morgan fingerprint density at radius 3 is 1.78 bits per heavy atom. The fourth-order valence-electron chi connectivity index (χ4n) is 4.13. The first-order valence-electron chi connectivity index (χ1n) is 12.6. The van der Waals surface area contributed by atoms with Gasteiger partial charge < -0.3 is 19.5 Å². The predicted molar refractivity (Wildman–Crippen MR) is 144 cm³/mol. The summed E-state index contributed by atoms with van der Waals surface area (Å²) in [5.74, 6) is -0.236. The first-order valence-corrected chi connectivity index (χ1v) is 12.6. The van der Waals surface area contributed by atoms with Gasteiger partial charge in [0, 0.05) is 32.0 Å². The molecule has 0 fully saturated rings. The summed E-state index contributed by atoms with van der Waals surface area (Å²) in [7, 11) is 1.46. The number of rotatable bonds is 15. The molecular formula is C30H38N2O4. The van der Waals surface area contributed by atoms with Crippen LogP contribution in [0.3, 0.4) is 0 Å². The standard InChI is InChI=1S/C30H38N2O4/c1-4-35-29(36-5-2)21-31-27-18-16-24(17-19-27)20-28(30(33)34-3)32(22-25-12-8-6-9-13-25)23-26-14-10-7-11-15-26/h6-19,28-29,31H,4-5,20-23H2,1-3H3. The summed E-state index contributed by atoms with van der Waals surface area (Å²) in [5, 5.41) is 3.36. The molecule has 0 spiro atoms. The third-order valence-corrected chi connectivity index (χ3v) is 5.93. The lowest BCUT2D eigenvalue weighted by molar-refractivity contribution is -0.147. The lowest BCUT2D eigenvalue weighted by atomic mass is 10.0. The van der Waals surface area contributed by atoms with E-state index < -0.39 is 6.04 Å². The highest BCUT2D eigenvalue weighted by atomic mass is 16.7. The van der Waals surface area contributed by atoms with Crippen LogP contribution >= 0.6 is 0 Å². The molecule has 1 unspecified atom stereocenters. The van der Waals surface area contributed by atoms with Crippen molar-refractivity contribution in [2.75, 3.05) is 32.2 Å². The van der Waals surface area contributed by atoms with Gasteiger partial charge in [-0.2, -0.15) is 0 Å². The second kappa shape index (κ2) is 15.0. The third-order valence-electron chi connectivity index (χ3n) is 5.93. The molecular weight excluding hydrogens is 452 g/mol. The smallest absolute Gasteiger partial charge is 0.323 e. The summed E-state index contributed by atoms with van der Waals surface area (Å²) in [4.78, 5) is 15.2. The van der Waals surface area contributed by atoms with E-state index in [4.69, 9.17) is 14.2 Å². The average molecular weight is 491 g/mol. The molecule has 0 aliphatic heterocycles. The minimum absolute atomic E-state index is 0.236. The summed E-state index contributed by atoms with van der Waals surface area (Å²) in [6.07, 6.45) is 0.264. The second-order valence-electron chi connectivity index (χ2n) is 8.54. The normalized spacial score (nSPS) is 12.0. The van der Waals surface area contributed by atoms with E-state index in [1.165, 1.54) is 7.11 Å². The van der Waals surface area contributed by atoms with E-state index in [0.717, 1.165) is 22.4 Å². The van der Waals surface area contributed by atoms with Crippen LogP contribution in [-0.2, 0) is 38.5 Å². The highest BCUT2D eigenvalue weighted by Gasteiger charge is 2.27. The van der Waals surface area contributed by atoms with Crippen molar-refractivity contribution >= 4 is 11.7 Å². The van der Waals surface area contributed by atoms with Gasteiger partial charge in [-0.25, -0.2) is 0 Å². The summed E-state index contributed by atoms with van der Waals surface area (Å²) in [6, 6.07) is 28.2. The molecule has 0 radical (unpaired) electrons. The fraction of sp³-hybridized carbons (Fsp3) is 0.367. The van der Waals surface area contributed by atoms with Crippen molar-refractivity contribution in [3.8, 4) is 0 Å². The van der Waals surface area contributed by atoms with Gasteiger partial charge >= 0.3 is 5.97 Å². The maximum absolute atomic E-state index is 13.0. The van der Waals surface area contributed by atoms with Crippen LogP contribution in [0.2, 0.25) is 0 Å². The van der Waals surface area contributed by atoms with Gasteiger partial charge in [0.25, 0.3) is 0 Å². The number of nitrogens with one attached hydrogen (secondary N) is 1. The number of hydrogen-bond acceptors (Lipinski definition) is 6. The monoisotopic (exact) mass is 490 g/mol. The summed E-state index contributed by atoms with van der Waals surface area (Å²) >= 11 is 0. The van der Waals surface area contributed by atoms with Gasteiger partial charge in [-0.15, -0.1) is 0 Å². The Balaban J connectivity index is 1.75. The van der Waals surface area contributed by atoms with E-state index in [2.05, 4.69) is 46.6 Å². The molecule has 0 aliphatic rings. The number of anilines is 1. The molecule has 1 N–H and O–H groups in total. The number of carbonyl (C=O) groups is 1. The molecule has 0 saturated carbocycles. The minimum Gasteiger partial charge on any atom is -0.468 e. The number of carbonyl (C=O) groups excluding carboxylic acids is 1. The van der Waals surface area contributed by atoms with Crippen molar-refractivity contribution < 1.29 is 19.0 Å². The van der Waals surface area contributed by atoms with Gasteiger partial charge in [-0.3, -0.25) is 9.69 Å². The van der Waals surface area contributed by atoms with Crippen molar-refractivity contribution in [1.82, 2.24) is 4.90 Å². The lowest BCUT2D eigenvalue weighted by Crippen LogP contribution is -2.42. The fourth-order valence-corrected chi connectivity index (χ4v) is 4.13. The summed E-state index contributed by atoms with van der Waals surface area (Å²) < 4.78 is 16.5. The van der Waals surface area contributed by atoms with Crippen LogP contribution in [-0.4, -0.2) is 50.1 Å². The molecule has 0 amide bonds. The third kappa shape index (κ3) is 8.79. The molecule has 36 heavy (non-hydrogen) atoms. The molecule has 6 heteroatoms. The quantitative estimate of drug-likeness (QED) is 0.231. The van der Waals surface area contributed by atoms with Crippen LogP contribution in [0.15, 0.2) is 84.9 Å². The van der Waals surface area contributed by atoms with Crippen molar-refractivity contribution in [2.24, 2.45) is 0 Å². The Morgan fingerprint density at radius 1 is 0.778 bits per heavy atom. The van der Waals surface area contributed by atoms with Crippen molar-refractivity contribution in [3.05, 3.63) is 102 Å². The number of ether oxygens (including phenoxy) is 3. The van der Waals surface area contributed by atoms with E-state index in [0.29, 0.717) is 39.3 Å². The molecule has 3 aromatic rings. The zero-order valence-electron chi connectivity index (χ0n) is 21.6. The second-order valence-corrected chi connectivity index (χ2v) is 8.54. The Morgan fingerprint density at radius 2 is 1.31 bits per heavy atom. The first kappa shape index (κ1) is 27.4. The van der Waals surface area contributed by atoms with Gasteiger partial charge in [0.05, 0.1) is 13.7 Å². The molecule has 0 aromatic heterocycles. The van der Waals surface area contributed by atoms with Gasteiger partial charge in [0.15, 0.2) is 6.29 Å². The Kier molecular flexibility index (Phi) is 11.4. The Labute approximate surface area is 215 Å². The molecule has 0 heterocycles. The van der Waals surface area contributed by atoms with Crippen LogP contribution < -0.4 is 5.32 Å². The van der Waals surface area contributed by atoms with Crippen molar-refractivity contribution in [1.29, 1.82) is 0 Å². The zero-order chi connectivity index (χ0) is 25.6. The van der Waals surface area contributed by atoms with E-state index in [9.17, 15) is 4.79 Å². The van der Waals surface area contributed by atoms with E-state index in [-0.39, 0.29) is 12.3 Å². The molecule has 3 aromatic carbocycles. The van der Waals surface area contributed by atoms with E-state index in [1.54, 1.807) is 0 Å². The predicted octanol–water partition coefficient (Wildman–Crippen LogP) is 5.28. The molecule has 3 rings (SSSR count). The SMILES string of the molecule is CCOC(CNc1ccc(CC(C(=O)OC)N(Cc2ccccc2)Cc2ccccc2)cc1)OCC. The molecule has 0 saturated heterocycles. The molecule has 0 aliphatic carbocycles. The van der Waals surface area contributed by atoms with E-state index in [1.807, 2.05) is 62.4 Å². The van der Waals surface area contributed by atoms with Gasteiger partial charge in [0.2, 0.25) is 0 Å². The zero-order valence-corrected chi connectivity index (χ0v) is 21.6. The van der Waals surface area contributed by atoms with Gasteiger partial charge in [-0.1, -0.05) is 72.8 Å². The van der Waals surface area contributed by atoms with Gasteiger partial charge in [0.1, 0.15) is 6.04 Å². The van der Waals surface area contributed by atoms with Crippen LogP contribution in [0.25, 0.3) is 0 Å². The van der Waals surface area contributed by atoms with Crippen molar-refractivity contribution in [3.63, 3.8) is 0 Å². The number of esters is 1. The van der Waals surface area contributed by atoms with Crippen LogP contribution in [0.1, 0.15) is 30.5 Å². The Hall–Kier alpha value is -3.19. The maximum atomic E-state index is 13.0.